The average Bonchev–Trinajstić information content (AvgIpc) is 2.52. The summed E-state index contributed by atoms with van der Waals surface area (Å²) in [5.74, 6) is -0.265. The van der Waals surface area contributed by atoms with E-state index in [-0.39, 0.29) is 29.4 Å². The van der Waals surface area contributed by atoms with Gasteiger partial charge in [-0.25, -0.2) is 8.42 Å². The highest BCUT2D eigenvalue weighted by molar-refractivity contribution is 7.89. The molecule has 0 radical (unpaired) electrons. The van der Waals surface area contributed by atoms with Gasteiger partial charge in [-0.3, -0.25) is 4.79 Å². The van der Waals surface area contributed by atoms with E-state index in [9.17, 15) is 13.2 Å². The first-order valence-electron chi connectivity index (χ1n) is 6.99. The minimum atomic E-state index is -3.74. The van der Waals surface area contributed by atoms with Gasteiger partial charge in [-0.05, 0) is 18.2 Å². The maximum Gasteiger partial charge on any atom is 0.251 e. The molecule has 2 N–H and O–H groups in total. The van der Waals surface area contributed by atoms with Crippen molar-refractivity contribution in [2.75, 3.05) is 33.4 Å². The van der Waals surface area contributed by atoms with Crippen LogP contribution in [-0.2, 0) is 10.0 Å². The molecule has 0 spiro atoms. The predicted molar refractivity (Wildman–Crippen MR) is 82.5 cm³/mol. The fraction of sp³-hybridized carbons (Fsp3) is 0.500. The number of methoxy groups -OCH3 is 1. The van der Waals surface area contributed by atoms with E-state index < -0.39 is 15.9 Å². The smallest absolute Gasteiger partial charge is 0.251 e. The molecule has 1 aromatic carbocycles. The molecule has 0 aliphatic rings. The zero-order valence-corrected chi connectivity index (χ0v) is 13.8. The quantitative estimate of drug-likeness (QED) is 0.721. The van der Waals surface area contributed by atoms with Gasteiger partial charge in [0.15, 0.2) is 0 Å². The van der Waals surface area contributed by atoms with Gasteiger partial charge in [0.2, 0.25) is 10.0 Å². The minimum absolute atomic E-state index is 0.0460. The van der Waals surface area contributed by atoms with Crippen molar-refractivity contribution in [2.45, 2.75) is 18.7 Å². The Balaban J connectivity index is 3.30. The molecule has 7 nitrogen and oxygen atoms in total. The zero-order chi connectivity index (χ0) is 16.8. The van der Waals surface area contributed by atoms with Crippen LogP contribution in [0.2, 0.25) is 0 Å². The predicted octanol–water partition coefficient (Wildman–Crippen LogP) is 0.448. The molecule has 8 heteroatoms. The second-order valence-corrected chi connectivity index (χ2v) is 6.34. The highest BCUT2D eigenvalue weighted by Crippen LogP contribution is 2.27. The Hall–Kier alpha value is -1.64. The summed E-state index contributed by atoms with van der Waals surface area (Å²) in [5, 5.41) is 11.2. The van der Waals surface area contributed by atoms with E-state index in [0.717, 1.165) is 0 Å². The number of carbonyl (C=O) groups excluding carboxylic acids is 1. The number of aliphatic hydroxyl groups excluding tert-OH is 1. The van der Waals surface area contributed by atoms with Crippen LogP contribution >= 0.6 is 0 Å². The van der Waals surface area contributed by atoms with Gasteiger partial charge in [0.25, 0.3) is 5.91 Å². The van der Waals surface area contributed by atoms with Gasteiger partial charge in [-0.15, -0.1) is 0 Å². The molecular formula is C14H22N2O5S. The molecule has 0 saturated heterocycles. The normalized spacial score (nSPS) is 11.5. The summed E-state index contributed by atoms with van der Waals surface area (Å²) < 4.78 is 31.7. The van der Waals surface area contributed by atoms with Crippen molar-refractivity contribution in [3.8, 4) is 5.75 Å². The lowest BCUT2D eigenvalue weighted by atomic mass is 10.2. The van der Waals surface area contributed by atoms with Gasteiger partial charge in [-0.1, -0.05) is 13.8 Å². The highest BCUT2D eigenvalue weighted by atomic mass is 32.2. The fourth-order valence-corrected chi connectivity index (χ4v) is 3.63. The Bertz CT molecular complexity index is 612. The number of aliphatic hydroxyl groups is 1. The third-order valence-electron chi connectivity index (χ3n) is 3.15. The third-order valence-corrected chi connectivity index (χ3v) is 5.22. The topological polar surface area (TPSA) is 95.9 Å². The monoisotopic (exact) mass is 330 g/mol. The third kappa shape index (κ3) is 3.96. The number of hydrogen-bond acceptors (Lipinski definition) is 5. The van der Waals surface area contributed by atoms with E-state index in [1.54, 1.807) is 13.8 Å². The van der Waals surface area contributed by atoms with Crippen LogP contribution in [0.15, 0.2) is 23.1 Å². The lowest BCUT2D eigenvalue weighted by Gasteiger charge is -2.20. The first-order chi connectivity index (χ1) is 10.4. The first kappa shape index (κ1) is 18.4. The summed E-state index contributed by atoms with van der Waals surface area (Å²) in [6.45, 7) is 4.04. The summed E-state index contributed by atoms with van der Waals surface area (Å²) in [4.78, 5) is 11.9. The van der Waals surface area contributed by atoms with Crippen molar-refractivity contribution in [2.24, 2.45) is 0 Å². The number of amides is 1. The SMILES string of the molecule is CCN(CC)S(=O)(=O)c1cc(C(=O)NCCO)ccc1OC. The Labute approximate surface area is 130 Å². The Morgan fingerprint density at radius 3 is 2.45 bits per heavy atom. The average molecular weight is 330 g/mol. The highest BCUT2D eigenvalue weighted by Gasteiger charge is 2.26. The fourth-order valence-electron chi connectivity index (χ4n) is 1.99. The van der Waals surface area contributed by atoms with Crippen LogP contribution in [0.4, 0.5) is 0 Å². The van der Waals surface area contributed by atoms with E-state index in [0.29, 0.717) is 13.1 Å². The molecule has 0 bridgehead atoms. The maximum atomic E-state index is 12.6. The number of sulfonamides is 1. The summed E-state index contributed by atoms with van der Waals surface area (Å²) >= 11 is 0. The van der Waals surface area contributed by atoms with Crippen molar-refractivity contribution >= 4 is 15.9 Å². The van der Waals surface area contributed by atoms with E-state index >= 15 is 0 Å². The number of nitrogens with one attached hydrogen (secondary N) is 1. The van der Waals surface area contributed by atoms with Crippen molar-refractivity contribution in [3.63, 3.8) is 0 Å². The van der Waals surface area contributed by atoms with Crippen LogP contribution in [0, 0.1) is 0 Å². The second-order valence-electron chi connectivity index (χ2n) is 4.43. The number of hydrogen-bond donors (Lipinski definition) is 2. The van der Waals surface area contributed by atoms with Gasteiger partial charge in [0.05, 0.1) is 13.7 Å². The Kier molecular flexibility index (Phi) is 6.79. The molecule has 0 unspecified atom stereocenters. The van der Waals surface area contributed by atoms with Crippen LogP contribution in [0.5, 0.6) is 5.75 Å². The summed E-state index contributed by atoms with van der Waals surface area (Å²) in [7, 11) is -2.36. The molecule has 1 rings (SSSR count). The van der Waals surface area contributed by atoms with Gasteiger partial charge in [0.1, 0.15) is 10.6 Å². The Morgan fingerprint density at radius 1 is 1.32 bits per heavy atom. The van der Waals surface area contributed by atoms with Gasteiger partial charge < -0.3 is 15.2 Å². The van der Waals surface area contributed by atoms with E-state index in [4.69, 9.17) is 9.84 Å². The summed E-state index contributed by atoms with van der Waals surface area (Å²) in [6, 6.07) is 4.22. The number of rotatable bonds is 8. The molecule has 1 amide bonds. The largest absolute Gasteiger partial charge is 0.495 e. The molecule has 22 heavy (non-hydrogen) atoms. The lowest BCUT2D eigenvalue weighted by molar-refractivity contribution is 0.0944. The summed E-state index contributed by atoms with van der Waals surface area (Å²) in [6.07, 6.45) is 0. The lowest BCUT2D eigenvalue weighted by Crippen LogP contribution is -2.31. The summed E-state index contributed by atoms with van der Waals surface area (Å²) in [5.41, 5.74) is 0.194. The second kappa shape index (κ2) is 8.11. The number of nitrogens with zero attached hydrogens (tertiary/aromatic N) is 1. The molecule has 0 saturated carbocycles. The Morgan fingerprint density at radius 2 is 1.95 bits per heavy atom. The minimum Gasteiger partial charge on any atom is -0.495 e. The van der Waals surface area contributed by atoms with Crippen molar-refractivity contribution in [1.82, 2.24) is 9.62 Å². The van der Waals surface area contributed by atoms with Gasteiger partial charge in [0, 0.05) is 25.2 Å². The van der Waals surface area contributed by atoms with Crippen LogP contribution < -0.4 is 10.1 Å². The number of benzene rings is 1. The van der Waals surface area contributed by atoms with Crippen LogP contribution in [0.3, 0.4) is 0 Å². The van der Waals surface area contributed by atoms with E-state index in [2.05, 4.69) is 5.32 Å². The number of carbonyl (C=O) groups is 1. The van der Waals surface area contributed by atoms with Crippen molar-refractivity contribution in [1.29, 1.82) is 0 Å². The maximum absolute atomic E-state index is 12.6. The standard InChI is InChI=1S/C14H22N2O5S/c1-4-16(5-2)22(19,20)13-10-11(6-7-12(13)21-3)14(18)15-8-9-17/h6-7,10,17H,4-5,8-9H2,1-3H3,(H,15,18). The molecule has 0 fully saturated rings. The van der Waals surface area contributed by atoms with Crippen LogP contribution in [0.1, 0.15) is 24.2 Å². The first-order valence-corrected chi connectivity index (χ1v) is 8.43. The molecule has 0 aliphatic carbocycles. The van der Waals surface area contributed by atoms with Crippen molar-refractivity contribution < 1.29 is 23.1 Å². The zero-order valence-electron chi connectivity index (χ0n) is 13.0. The molecular weight excluding hydrogens is 308 g/mol. The van der Waals surface area contributed by atoms with Crippen LogP contribution in [0.25, 0.3) is 0 Å². The van der Waals surface area contributed by atoms with Gasteiger partial charge >= 0.3 is 0 Å². The molecule has 124 valence electrons. The molecule has 1 aromatic rings. The van der Waals surface area contributed by atoms with Crippen molar-refractivity contribution in [3.05, 3.63) is 23.8 Å². The van der Waals surface area contributed by atoms with E-state index in [1.165, 1.54) is 29.6 Å². The van der Waals surface area contributed by atoms with Crippen LogP contribution in [-0.4, -0.2) is 57.1 Å². The molecule has 0 aromatic heterocycles. The number of ether oxygens (including phenoxy) is 1. The van der Waals surface area contributed by atoms with Gasteiger partial charge in [-0.2, -0.15) is 4.31 Å². The van der Waals surface area contributed by atoms with E-state index in [1.807, 2.05) is 0 Å². The molecule has 0 atom stereocenters. The molecule has 0 heterocycles. The molecule has 0 aliphatic heterocycles.